The van der Waals surface area contributed by atoms with E-state index in [0.29, 0.717) is 36.4 Å². The molecule has 1 aromatic carbocycles. The zero-order chi connectivity index (χ0) is 21.5. The van der Waals surface area contributed by atoms with Gasteiger partial charge in [0, 0.05) is 18.4 Å². The second kappa shape index (κ2) is 7.59. The largest absolute Gasteiger partial charge is 0.494 e. The predicted molar refractivity (Wildman–Crippen MR) is 112 cm³/mol. The Bertz CT molecular complexity index is 961. The Morgan fingerprint density at radius 3 is 2.62 bits per heavy atom. The molecule has 0 radical (unpaired) electrons. The monoisotopic (exact) mass is 394 g/mol. The number of rotatable bonds is 4. The molecule has 0 bridgehead atoms. The van der Waals surface area contributed by atoms with Crippen LogP contribution in [0.1, 0.15) is 76.0 Å². The van der Waals surface area contributed by atoms with E-state index in [4.69, 9.17) is 15.2 Å². The fourth-order valence-corrected chi connectivity index (χ4v) is 4.35. The van der Waals surface area contributed by atoms with Gasteiger partial charge in [0.2, 0.25) is 5.88 Å². The maximum absolute atomic E-state index is 13.2. The minimum atomic E-state index is -0.500. The zero-order valence-electron chi connectivity index (χ0n) is 18.2. The Balaban J connectivity index is 2.25. The molecule has 3 rings (SSSR count). The van der Waals surface area contributed by atoms with E-state index >= 15 is 0 Å². The molecule has 0 spiro atoms. The molecule has 2 aliphatic rings. The summed E-state index contributed by atoms with van der Waals surface area (Å²) in [5, 5.41) is 9.85. The summed E-state index contributed by atoms with van der Waals surface area (Å²) in [5.74, 6) is 1.31. The second-order valence-corrected chi connectivity index (χ2v) is 9.04. The molecular formula is C24H30N2O3. The summed E-state index contributed by atoms with van der Waals surface area (Å²) in [6, 6.07) is 6.28. The average Bonchev–Trinajstić information content (AvgIpc) is 2.59. The van der Waals surface area contributed by atoms with Crippen LogP contribution in [0.4, 0.5) is 0 Å². The number of ketones is 1. The number of benzene rings is 1. The Morgan fingerprint density at radius 2 is 2.03 bits per heavy atom. The lowest BCUT2D eigenvalue weighted by molar-refractivity contribution is -0.119. The molecule has 5 heteroatoms. The number of ether oxygens (including phenoxy) is 2. The molecule has 0 aromatic heterocycles. The van der Waals surface area contributed by atoms with Crippen LogP contribution < -0.4 is 10.5 Å². The normalized spacial score (nSPS) is 21.0. The van der Waals surface area contributed by atoms with Crippen molar-refractivity contribution in [3.63, 3.8) is 0 Å². The number of hydrogen-bond acceptors (Lipinski definition) is 5. The van der Waals surface area contributed by atoms with Crippen LogP contribution in [0.3, 0.4) is 0 Å². The van der Waals surface area contributed by atoms with Crippen LogP contribution >= 0.6 is 0 Å². The van der Waals surface area contributed by atoms with Gasteiger partial charge in [-0.2, -0.15) is 5.26 Å². The van der Waals surface area contributed by atoms with Crippen molar-refractivity contribution in [1.82, 2.24) is 0 Å². The van der Waals surface area contributed by atoms with Gasteiger partial charge in [0.1, 0.15) is 23.2 Å². The quantitative estimate of drug-likeness (QED) is 0.779. The van der Waals surface area contributed by atoms with Gasteiger partial charge < -0.3 is 15.2 Å². The summed E-state index contributed by atoms with van der Waals surface area (Å²) in [5.41, 5.74) is 9.78. The molecule has 0 fully saturated rings. The highest BCUT2D eigenvalue weighted by Gasteiger charge is 2.43. The predicted octanol–water partition coefficient (Wildman–Crippen LogP) is 4.97. The third-order valence-corrected chi connectivity index (χ3v) is 5.71. The molecule has 1 aliphatic heterocycles. The number of nitrogens with zero attached hydrogens (tertiary/aromatic N) is 1. The summed E-state index contributed by atoms with van der Waals surface area (Å²) in [4.78, 5) is 13.2. The lowest BCUT2D eigenvalue weighted by Gasteiger charge is -2.37. The first kappa shape index (κ1) is 21.0. The first-order valence-electron chi connectivity index (χ1n) is 10.2. The molecular weight excluding hydrogens is 364 g/mol. The molecule has 0 saturated carbocycles. The van der Waals surface area contributed by atoms with E-state index in [-0.39, 0.29) is 23.0 Å². The zero-order valence-corrected chi connectivity index (χ0v) is 18.2. The maximum Gasteiger partial charge on any atom is 0.205 e. The Labute approximate surface area is 173 Å². The minimum absolute atomic E-state index is 0.0286. The van der Waals surface area contributed by atoms with Gasteiger partial charge in [0.05, 0.1) is 12.5 Å². The molecule has 5 nitrogen and oxygen atoms in total. The summed E-state index contributed by atoms with van der Waals surface area (Å²) in [6.07, 6.45) is 1.05. The molecule has 1 heterocycles. The van der Waals surface area contributed by atoms with Gasteiger partial charge in [0.15, 0.2) is 5.78 Å². The van der Waals surface area contributed by atoms with Crippen LogP contribution in [0, 0.1) is 23.7 Å². The van der Waals surface area contributed by atoms with Gasteiger partial charge in [-0.3, -0.25) is 4.79 Å². The van der Waals surface area contributed by atoms with Crippen LogP contribution in [0.2, 0.25) is 0 Å². The van der Waals surface area contributed by atoms with Crippen molar-refractivity contribution in [2.75, 3.05) is 6.61 Å². The molecule has 1 aromatic rings. The number of carbonyl (C=O) groups excluding carboxylic acids is 1. The lowest BCUT2D eigenvalue weighted by atomic mass is 9.69. The van der Waals surface area contributed by atoms with Gasteiger partial charge in [-0.05, 0) is 47.9 Å². The maximum atomic E-state index is 13.2. The van der Waals surface area contributed by atoms with Crippen LogP contribution in [-0.4, -0.2) is 12.4 Å². The highest BCUT2D eigenvalue weighted by Crippen LogP contribution is 2.49. The van der Waals surface area contributed by atoms with Crippen molar-refractivity contribution in [1.29, 1.82) is 5.26 Å². The Kier molecular flexibility index (Phi) is 5.49. The van der Waals surface area contributed by atoms with Crippen molar-refractivity contribution in [3.8, 4) is 11.8 Å². The third-order valence-electron chi connectivity index (χ3n) is 5.71. The van der Waals surface area contributed by atoms with Gasteiger partial charge in [0.25, 0.3) is 0 Å². The number of carbonyl (C=O) groups is 1. The Hall–Kier alpha value is -2.74. The highest BCUT2D eigenvalue weighted by atomic mass is 16.5. The van der Waals surface area contributed by atoms with E-state index in [1.165, 1.54) is 0 Å². The smallest absolute Gasteiger partial charge is 0.205 e. The van der Waals surface area contributed by atoms with Gasteiger partial charge in [-0.15, -0.1) is 0 Å². The molecule has 1 atom stereocenters. The third kappa shape index (κ3) is 3.76. The second-order valence-electron chi connectivity index (χ2n) is 9.04. The van der Waals surface area contributed by atoms with Crippen LogP contribution in [-0.2, 0) is 9.53 Å². The fourth-order valence-electron chi connectivity index (χ4n) is 4.35. The number of Topliss-reactive ketones (excluding diaryl/α,β-unsaturated/α-hetero) is 1. The standard InChI is InChI=1S/C24H30N2O3/c1-7-28-19-8-14(4)16(9-15(19)13(2)3)21-17(12-25)23(26)29-20-11-24(5,6)10-18(27)22(20)21/h8-9,13,21H,7,10-11,26H2,1-6H3/t21-/m0/s1. The number of nitrogens with two attached hydrogens (primary N) is 1. The van der Waals surface area contributed by atoms with Crippen molar-refractivity contribution in [3.05, 3.63) is 51.6 Å². The van der Waals surface area contributed by atoms with Crippen molar-refractivity contribution < 1.29 is 14.3 Å². The first-order chi connectivity index (χ1) is 13.6. The Morgan fingerprint density at radius 1 is 1.34 bits per heavy atom. The fraction of sp³-hybridized carbons (Fsp3) is 0.500. The van der Waals surface area contributed by atoms with E-state index in [2.05, 4.69) is 26.0 Å². The van der Waals surface area contributed by atoms with Crippen LogP contribution in [0.25, 0.3) is 0 Å². The first-order valence-corrected chi connectivity index (χ1v) is 10.2. The molecule has 0 amide bonds. The van der Waals surface area contributed by atoms with Crippen LogP contribution in [0.5, 0.6) is 5.75 Å². The van der Waals surface area contributed by atoms with E-state index < -0.39 is 5.92 Å². The summed E-state index contributed by atoms with van der Waals surface area (Å²) < 4.78 is 11.6. The lowest BCUT2D eigenvalue weighted by Crippen LogP contribution is -2.33. The molecule has 0 saturated heterocycles. The molecule has 1 aliphatic carbocycles. The van der Waals surface area contributed by atoms with Crippen LogP contribution in [0.15, 0.2) is 34.9 Å². The average molecular weight is 395 g/mol. The van der Waals surface area contributed by atoms with Gasteiger partial charge >= 0.3 is 0 Å². The summed E-state index contributed by atoms with van der Waals surface area (Å²) >= 11 is 0. The summed E-state index contributed by atoms with van der Waals surface area (Å²) in [7, 11) is 0. The van der Waals surface area contributed by atoms with E-state index in [1.807, 2.05) is 33.8 Å². The number of nitriles is 1. The van der Waals surface area contributed by atoms with E-state index in [9.17, 15) is 10.1 Å². The topological polar surface area (TPSA) is 85.3 Å². The van der Waals surface area contributed by atoms with Crippen molar-refractivity contribution in [2.24, 2.45) is 11.1 Å². The number of hydrogen-bond donors (Lipinski definition) is 1. The molecule has 0 unspecified atom stereocenters. The SMILES string of the molecule is CCOc1cc(C)c([C@H]2C(C#N)=C(N)OC3=C2C(=O)CC(C)(C)C3)cc1C(C)C. The molecule has 154 valence electrons. The van der Waals surface area contributed by atoms with Gasteiger partial charge in [-0.25, -0.2) is 0 Å². The van der Waals surface area contributed by atoms with Crippen molar-refractivity contribution in [2.45, 2.75) is 66.2 Å². The number of aryl methyl sites for hydroxylation is 1. The minimum Gasteiger partial charge on any atom is -0.494 e. The highest BCUT2D eigenvalue weighted by molar-refractivity contribution is 6.00. The van der Waals surface area contributed by atoms with E-state index in [1.54, 1.807) is 0 Å². The van der Waals surface area contributed by atoms with E-state index in [0.717, 1.165) is 22.4 Å². The molecule has 2 N–H and O–H groups in total. The van der Waals surface area contributed by atoms with Gasteiger partial charge in [-0.1, -0.05) is 33.8 Å². The molecule has 29 heavy (non-hydrogen) atoms. The number of allylic oxidation sites excluding steroid dienone is 3. The van der Waals surface area contributed by atoms with Crippen molar-refractivity contribution >= 4 is 5.78 Å². The summed E-state index contributed by atoms with van der Waals surface area (Å²) in [6.45, 7) is 12.8.